The normalized spacial score (nSPS) is 15.6. The Kier molecular flexibility index (Phi) is 5.50. The number of hydrogen-bond donors (Lipinski definition) is 1. The summed E-state index contributed by atoms with van der Waals surface area (Å²) >= 11 is 1.91. The van der Waals surface area contributed by atoms with Crippen molar-refractivity contribution in [3.05, 3.63) is 109 Å². The molecule has 0 saturated carbocycles. The second-order valence-electron chi connectivity index (χ2n) is 6.79. The minimum absolute atomic E-state index is 1.02. The van der Waals surface area contributed by atoms with Gasteiger partial charge in [0.25, 0.3) is 0 Å². The number of nitrogens with one attached hydrogen (secondary N) is 1. The van der Waals surface area contributed by atoms with E-state index in [0.29, 0.717) is 0 Å². The molecule has 0 aromatic heterocycles. The van der Waals surface area contributed by atoms with Gasteiger partial charge in [0.2, 0.25) is 0 Å². The minimum atomic E-state index is 1.02. The Morgan fingerprint density at radius 3 is 2.64 bits per heavy atom. The molecule has 1 aliphatic heterocycles. The fourth-order valence-corrected chi connectivity index (χ4v) is 4.53. The molecule has 4 rings (SSSR count). The van der Waals surface area contributed by atoms with Crippen molar-refractivity contribution in [2.24, 2.45) is 0 Å². The van der Waals surface area contributed by atoms with E-state index in [4.69, 9.17) is 0 Å². The molecule has 0 aliphatic carbocycles. The van der Waals surface area contributed by atoms with E-state index in [0.717, 1.165) is 34.7 Å². The molecule has 0 unspecified atom stereocenters. The first-order chi connectivity index (χ1) is 13.7. The summed E-state index contributed by atoms with van der Waals surface area (Å²) in [6, 6.07) is 25.3. The molecule has 138 valence electrons. The molecule has 1 aliphatic rings. The van der Waals surface area contributed by atoms with Crippen LogP contribution in [0.1, 0.15) is 23.1 Å². The molecule has 3 aromatic carbocycles. The van der Waals surface area contributed by atoms with Gasteiger partial charge in [-0.3, -0.25) is 0 Å². The number of benzene rings is 3. The van der Waals surface area contributed by atoms with Gasteiger partial charge in [-0.15, -0.1) is 11.8 Å². The highest BCUT2D eigenvalue weighted by molar-refractivity contribution is 7.99. The molecule has 0 radical (unpaired) electrons. The summed E-state index contributed by atoms with van der Waals surface area (Å²) in [4.78, 5) is 1.32. The van der Waals surface area contributed by atoms with Crippen LogP contribution in [0.15, 0.2) is 96.9 Å². The Morgan fingerprint density at radius 1 is 0.929 bits per heavy atom. The molecule has 2 heteroatoms. The van der Waals surface area contributed by atoms with E-state index >= 15 is 0 Å². The van der Waals surface area contributed by atoms with Crippen LogP contribution in [0.5, 0.6) is 0 Å². The number of fused-ring (bicyclic) bond motifs is 1. The molecule has 0 fully saturated rings. The van der Waals surface area contributed by atoms with Crippen LogP contribution in [0.25, 0.3) is 17.2 Å². The molecule has 0 saturated heterocycles. The third kappa shape index (κ3) is 3.97. The minimum Gasteiger partial charge on any atom is -0.355 e. The van der Waals surface area contributed by atoms with Crippen molar-refractivity contribution in [1.29, 1.82) is 0 Å². The zero-order chi connectivity index (χ0) is 19.3. The van der Waals surface area contributed by atoms with Gasteiger partial charge in [0.15, 0.2) is 0 Å². The number of thioether (sulfide) groups is 1. The van der Waals surface area contributed by atoms with Crippen molar-refractivity contribution < 1.29 is 0 Å². The average Bonchev–Trinajstić information content (AvgIpc) is 2.72. The van der Waals surface area contributed by atoms with Crippen LogP contribution in [-0.4, -0.2) is 5.75 Å². The van der Waals surface area contributed by atoms with Gasteiger partial charge in [-0.25, -0.2) is 0 Å². The van der Waals surface area contributed by atoms with Crippen LogP contribution in [0.2, 0.25) is 0 Å². The molecule has 28 heavy (non-hydrogen) atoms. The lowest BCUT2D eigenvalue weighted by Gasteiger charge is -2.17. The number of para-hydroxylation sites is 1. The Hall–Kier alpha value is -2.97. The van der Waals surface area contributed by atoms with Crippen LogP contribution in [0.3, 0.4) is 0 Å². The largest absolute Gasteiger partial charge is 0.355 e. The predicted octanol–water partition coefficient (Wildman–Crippen LogP) is 7.67. The van der Waals surface area contributed by atoms with E-state index in [1.807, 2.05) is 30.0 Å². The van der Waals surface area contributed by atoms with Gasteiger partial charge in [-0.05, 0) is 58.5 Å². The van der Waals surface area contributed by atoms with Crippen LogP contribution in [0, 0.1) is 0 Å². The van der Waals surface area contributed by atoms with Crippen molar-refractivity contribution >= 4 is 40.4 Å². The quantitative estimate of drug-likeness (QED) is 0.498. The van der Waals surface area contributed by atoms with Gasteiger partial charge in [-0.1, -0.05) is 73.8 Å². The summed E-state index contributed by atoms with van der Waals surface area (Å²) in [5.41, 5.74) is 8.12. The predicted molar refractivity (Wildman–Crippen MR) is 125 cm³/mol. The first-order valence-electron chi connectivity index (χ1n) is 9.45. The van der Waals surface area contributed by atoms with Crippen molar-refractivity contribution in [2.75, 3.05) is 11.1 Å². The monoisotopic (exact) mass is 381 g/mol. The van der Waals surface area contributed by atoms with E-state index < -0.39 is 0 Å². The first kappa shape index (κ1) is 18.4. The maximum absolute atomic E-state index is 4.33. The third-order valence-electron chi connectivity index (χ3n) is 4.90. The molecule has 0 bridgehead atoms. The zero-order valence-corrected chi connectivity index (χ0v) is 16.6. The summed E-state index contributed by atoms with van der Waals surface area (Å²) < 4.78 is 0. The lowest BCUT2D eigenvalue weighted by Crippen LogP contribution is -1.97. The van der Waals surface area contributed by atoms with Crippen molar-refractivity contribution in [3.8, 4) is 0 Å². The number of hydrogen-bond acceptors (Lipinski definition) is 2. The van der Waals surface area contributed by atoms with E-state index in [2.05, 4.69) is 85.2 Å². The van der Waals surface area contributed by atoms with Gasteiger partial charge in [0.1, 0.15) is 0 Å². The molecule has 0 atom stereocenters. The summed E-state index contributed by atoms with van der Waals surface area (Å²) in [6.45, 7) is 8.24. The molecule has 3 aromatic rings. The van der Waals surface area contributed by atoms with Gasteiger partial charge in [0.05, 0.1) is 0 Å². The average molecular weight is 382 g/mol. The fraction of sp³-hybridized carbons (Fsp3) is 0.0769. The summed E-state index contributed by atoms with van der Waals surface area (Å²) in [5.74, 6) is 1.06. The van der Waals surface area contributed by atoms with Gasteiger partial charge in [-0.2, -0.15) is 0 Å². The third-order valence-corrected chi connectivity index (χ3v) is 5.98. The highest BCUT2D eigenvalue weighted by Gasteiger charge is 2.12. The van der Waals surface area contributed by atoms with Crippen molar-refractivity contribution in [3.63, 3.8) is 0 Å². The Balaban J connectivity index is 1.65. The highest BCUT2D eigenvalue weighted by Crippen LogP contribution is 2.36. The molecular weight excluding hydrogens is 358 g/mol. The first-order valence-corrected chi connectivity index (χ1v) is 10.4. The Morgan fingerprint density at radius 2 is 1.75 bits per heavy atom. The molecular formula is C26H23NS. The SMILES string of the molecule is C=Cc1ccccc1Nc1cccc(/C2=C/C(=C)c3ccccc3SCC2)c1. The van der Waals surface area contributed by atoms with Crippen LogP contribution in [0.4, 0.5) is 11.4 Å². The number of anilines is 2. The highest BCUT2D eigenvalue weighted by atomic mass is 32.2. The van der Waals surface area contributed by atoms with Crippen LogP contribution < -0.4 is 5.32 Å². The lowest BCUT2D eigenvalue weighted by atomic mass is 9.97. The maximum Gasteiger partial charge on any atom is 0.0457 e. The summed E-state index contributed by atoms with van der Waals surface area (Å²) in [7, 11) is 0. The molecule has 1 nitrogen and oxygen atoms in total. The summed E-state index contributed by atoms with van der Waals surface area (Å²) in [6.07, 6.45) is 5.14. The Labute approximate surface area is 171 Å². The Bertz CT molecular complexity index is 1060. The van der Waals surface area contributed by atoms with Crippen LogP contribution >= 0.6 is 11.8 Å². The number of allylic oxidation sites excluding steroid dienone is 3. The van der Waals surface area contributed by atoms with E-state index in [-0.39, 0.29) is 0 Å². The standard InChI is InChI=1S/C26H23NS/c1-3-20-9-4-6-13-25(20)27-23-11-8-10-21(18-23)22-15-16-28-26-14-7-5-12-24(26)19(2)17-22/h3-14,17-18,27H,1-2,15-16H2/b22-17+. The van der Waals surface area contributed by atoms with Gasteiger partial charge in [0, 0.05) is 22.0 Å². The maximum atomic E-state index is 4.33. The molecule has 0 amide bonds. The second-order valence-corrected chi connectivity index (χ2v) is 7.92. The van der Waals surface area contributed by atoms with E-state index in [1.165, 1.54) is 21.6 Å². The molecule has 1 N–H and O–H groups in total. The topological polar surface area (TPSA) is 12.0 Å². The zero-order valence-electron chi connectivity index (χ0n) is 15.8. The van der Waals surface area contributed by atoms with Crippen molar-refractivity contribution in [2.45, 2.75) is 11.3 Å². The molecule has 1 heterocycles. The lowest BCUT2D eigenvalue weighted by molar-refractivity contribution is 1.24. The van der Waals surface area contributed by atoms with E-state index in [9.17, 15) is 0 Å². The smallest absolute Gasteiger partial charge is 0.0457 e. The number of rotatable bonds is 4. The van der Waals surface area contributed by atoms with Crippen LogP contribution in [-0.2, 0) is 0 Å². The van der Waals surface area contributed by atoms with Gasteiger partial charge < -0.3 is 5.32 Å². The van der Waals surface area contributed by atoms with Crippen molar-refractivity contribution in [1.82, 2.24) is 0 Å². The van der Waals surface area contributed by atoms with E-state index in [1.54, 1.807) is 0 Å². The molecule has 0 spiro atoms. The fourth-order valence-electron chi connectivity index (χ4n) is 3.46. The summed E-state index contributed by atoms with van der Waals surface area (Å²) in [5, 5.41) is 3.53. The second kappa shape index (κ2) is 8.37. The van der Waals surface area contributed by atoms with Gasteiger partial charge >= 0.3 is 0 Å².